The molecule has 0 fully saturated rings. The molecule has 0 aliphatic carbocycles. The molecule has 15 nitrogen and oxygen atoms in total. The van der Waals surface area contributed by atoms with Gasteiger partial charge in [0.05, 0.1) is 19.8 Å². The summed E-state index contributed by atoms with van der Waals surface area (Å²) in [6.07, 6.45) is 0.476. The predicted molar refractivity (Wildman–Crippen MR) is 314 cm³/mol. The Kier molecular flexibility index (Phi) is 31.4. The van der Waals surface area contributed by atoms with Gasteiger partial charge in [0, 0.05) is 57.0 Å². The van der Waals surface area contributed by atoms with Crippen molar-refractivity contribution in [3.63, 3.8) is 0 Å². The Bertz CT molecular complexity index is 2750. The van der Waals surface area contributed by atoms with Crippen molar-refractivity contribution in [2.75, 3.05) is 76.5 Å². The van der Waals surface area contributed by atoms with Crippen LogP contribution in [0.3, 0.4) is 0 Å². The van der Waals surface area contributed by atoms with E-state index in [1.807, 2.05) is 106 Å². The quantitative estimate of drug-likeness (QED) is 0.0132. The van der Waals surface area contributed by atoms with Crippen molar-refractivity contribution in [3.8, 4) is 0 Å². The average molecular weight is 1290 g/mol. The molecule has 0 heterocycles. The van der Waals surface area contributed by atoms with Crippen LogP contribution in [0, 0.1) is 127 Å². The Morgan fingerprint density at radius 3 is 0.719 bits per heavy atom. The predicted octanol–water partition coefficient (Wildman–Crippen LogP) is 13.4. The van der Waals surface area contributed by atoms with E-state index in [0.717, 1.165) is 21.1 Å². The lowest BCUT2D eigenvalue weighted by atomic mass is 9.69. The van der Waals surface area contributed by atoms with Crippen LogP contribution in [0.25, 0.3) is 0 Å². The summed E-state index contributed by atoms with van der Waals surface area (Å²) in [5.41, 5.74) is -9.20. The second-order valence-corrected chi connectivity index (χ2v) is 24.1. The number of hydrogen-bond donors (Lipinski definition) is 6. The van der Waals surface area contributed by atoms with Gasteiger partial charge in [0.15, 0.2) is 69.8 Å². The van der Waals surface area contributed by atoms with Crippen LogP contribution >= 0.6 is 0 Å². The number of halogens is 12. The monoisotopic (exact) mass is 1290 g/mol. The Morgan fingerprint density at radius 1 is 0.337 bits per heavy atom. The fourth-order valence-electron chi connectivity index (χ4n) is 8.83. The van der Waals surface area contributed by atoms with Crippen molar-refractivity contribution in [2.45, 2.75) is 130 Å². The normalized spacial score (nSPS) is 13.0. The number of benzene rings is 3. The van der Waals surface area contributed by atoms with Gasteiger partial charge in [-0.05, 0) is 60.7 Å². The van der Waals surface area contributed by atoms with Crippen LogP contribution in [-0.4, -0.2) is 96.2 Å². The molecule has 4 unspecified atom stereocenters. The van der Waals surface area contributed by atoms with Gasteiger partial charge in [0.2, 0.25) is 17.7 Å². The number of carbonyl (C=O) groups is 6. The molecule has 3 amide bonds. The Morgan fingerprint density at radius 2 is 0.539 bits per heavy atom. The summed E-state index contributed by atoms with van der Waals surface area (Å²) in [5.74, 6) is -24.7. The summed E-state index contributed by atoms with van der Waals surface area (Å²) in [6, 6.07) is 0. The van der Waals surface area contributed by atoms with Crippen LogP contribution in [0.2, 0.25) is 0 Å². The third-order valence-corrected chi connectivity index (χ3v) is 16.7. The van der Waals surface area contributed by atoms with Crippen molar-refractivity contribution in [2.24, 2.45) is 57.7 Å². The zero-order valence-corrected chi connectivity index (χ0v) is 54.1. The number of esters is 3. The number of anilines is 3. The standard InChI is InChI=1S/C22H32F4N2O3.2C20H28F4N2O3/c1-11(2)12(3)13(4)22(5,6)21(30)28-9-8-10-31-20(29)14-15(23)17(25)19(27-7)18(26)16(14)24;2*1-10(2)11(3)20(4,5)19(28)26-8-7-9-29-18(27)12-13(21)15(23)17(25-6)16(24)14(12)22/h11-13,27H,8-10H2,1-7H3,(H,28,30);2*10-11,25H,7-9H2,1-6H3,(H,26,28). The topological polar surface area (TPSA) is 202 Å². The van der Waals surface area contributed by atoms with E-state index in [-0.39, 0.29) is 94.2 Å². The van der Waals surface area contributed by atoms with E-state index in [0.29, 0.717) is 23.7 Å². The fourth-order valence-corrected chi connectivity index (χ4v) is 8.83. The smallest absolute Gasteiger partial charge is 0.344 e. The van der Waals surface area contributed by atoms with Crippen LogP contribution in [0.15, 0.2) is 0 Å². The number of nitrogens with one attached hydrogen (secondary N) is 6. The molecule has 6 N–H and O–H groups in total. The lowest BCUT2D eigenvalue weighted by molar-refractivity contribution is -0.133. The molecule has 89 heavy (non-hydrogen) atoms. The van der Waals surface area contributed by atoms with E-state index < -0.39 is 138 Å². The first-order valence-electron chi connectivity index (χ1n) is 29.0. The SMILES string of the molecule is CNc1c(F)c(F)c(C(=O)OCCCNC(=O)C(C)(C)C(C)C(C)C(C)C)c(F)c1F.CNc1c(F)c(F)c(C(=O)OCCCNC(=O)C(C)(C)C(C)C(C)C)c(F)c1F.CNc1c(F)c(F)c(C(=O)OCCCNC(=O)C(C)(C)C(C)C(C)C)c(F)c1F. The molecule has 0 aromatic heterocycles. The van der Waals surface area contributed by atoms with E-state index in [4.69, 9.17) is 14.2 Å². The maximum atomic E-state index is 14.0. The molecular formula is C62H88F12N6O9. The van der Waals surface area contributed by atoms with E-state index >= 15 is 0 Å². The second kappa shape index (κ2) is 34.9. The van der Waals surface area contributed by atoms with Crippen LogP contribution in [0.4, 0.5) is 69.7 Å². The van der Waals surface area contributed by atoms with Crippen molar-refractivity contribution >= 4 is 52.7 Å². The number of hydrogen-bond acceptors (Lipinski definition) is 12. The van der Waals surface area contributed by atoms with Crippen LogP contribution in [0.1, 0.15) is 161 Å². The van der Waals surface area contributed by atoms with Gasteiger partial charge in [0.1, 0.15) is 33.8 Å². The highest BCUT2D eigenvalue weighted by molar-refractivity contribution is 5.92. The van der Waals surface area contributed by atoms with Crippen molar-refractivity contribution in [3.05, 3.63) is 86.5 Å². The summed E-state index contributed by atoms with van der Waals surface area (Å²) in [7, 11) is 3.24. The van der Waals surface area contributed by atoms with Crippen LogP contribution < -0.4 is 31.9 Å². The summed E-state index contributed by atoms with van der Waals surface area (Å²) in [5, 5.41) is 14.2. The van der Waals surface area contributed by atoms with E-state index in [9.17, 15) is 81.5 Å². The first kappa shape index (κ1) is 80.1. The Labute approximate surface area is 513 Å². The first-order chi connectivity index (χ1) is 41.0. The van der Waals surface area contributed by atoms with Crippen molar-refractivity contribution in [1.82, 2.24) is 16.0 Å². The molecule has 0 radical (unpaired) electrons. The number of carbonyl (C=O) groups excluding carboxylic acids is 6. The summed E-state index contributed by atoms with van der Waals surface area (Å²) in [6.45, 7) is 31.0. The summed E-state index contributed by atoms with van der Waals surface area (Å²) < 4.78 is 180. The zero-order valence-electron chi connectivity index (χ0n) is 54.1. The van der Waals surface area contributed by atoms with Gasteiger partial charge >= 0.3 is 17.9 Å². The van der Waals surface area contributed by atoms with Gasteiger partial charge in [-0.3, -0.25) is 14.4 Å². The lowest BCUT2D eigenvalue weighted by Crippen LogP contribution is -2.44. The van der Waals surface area contributed by atoms with Gasteiger partial charge in [-0.2, -0.15) is 0 Å². The van der Waals surface area contributed by atoms with Gasteiger partial charge in [-0.15, -0.1) is 0 Å². The van der Waals surface area contributed by atoms with E-state index in [1.54, 1.807) is 0 Å². The van der Waals surface area contributed by atoms with Gasteiger partial charge in [-0.1, -0.05) is 111 Å². The molecular weight excluding hydrogens is 1200 g/mol. The maximum absolute atomic E-state index is 14.0. The molecule has 0 aliphatic heterocycles. The molecule has 4 atom stereocenters. The van der Waals surface area contributed by atoms with Gasteiger partial charge in [-0.25, -0.2) is 67.1 Å². The Hall–Kier alpha value is -6.96. The largest absolute Gasteiger partial charge is 0.462 e. The molecule has 0 saturated heterocycles. The average Bonchev–Trinajstić information content (AvgIpc) is 1.08. The molecule has 504 valence electrons. The highest BCUT2D eigenvalue weighted by atomic mass is 19.2. The number of amides is 3. The molecule has 3 aromatic rings. The minimum absolute atomic E-state index is 0.113. The molecule has 0 aliphatic rings. The van der Waals surface area contributed by atoms with Crippen LogP contribution in [0.5, 0.6) is 0 Å². The molecule has 27 heteroatoms. The highest BCUT2D eigenvalue weighted by Crippen LogP contribution is 2.37. The number of ether oxygens (including phenoxy) is 3. The molecule has 3 rings (SSSR count). The fraction of sp³-hybridized carbons (Fsp3) is 0.613. The Balaban J connectivity index is 0.000000668. The summed E-state index contributed by atoms with van der Waals surface area (Å²) in [4.78, 5) is 72.9. The third-order valence-electron chi connectivity index (χ3n) is 16.7. The van der Waals surface area contributed by atoms with E-state index in [1.165, 1.54) is 0 Å². The molecule has 0 saturated carbocycles. The highest BCUT2D eigenvalue weighted by Gasteiger charge is 2.39. The minimum Gasteiger partial charge on any atom is -0.462 e. The van der Waals surface area contributed by atoms with Gasteiger partial charge in [0.25, 0.3) is 0 Å². The maximum Gasteiger partial charge on any atom is 0.344 e. The van der Waals surface area contributed by atoms with Crippen molar-refractivity contribution in [1.29, 1.82) is 0 Å². The van der Waals surface area contributed by atoms with Crippen LogP contribution in [-0.2, 0) is 28.6 Å². The molecule has 0 spiro atoms. The first-order valence-corrected chi connectivity index (χ1v) is 29.0. The number of rotatable bonds is 28. The lowest BCUT2D eigenvalue weighted by Gasteiger charge is -2.36. The second-order valence-electron chi connectivity index (χ2n) is 24.1. The molecule has 0 bridgehead atoms. The van der Waals surface area contributed by atoms with Crippen molar-refractivity contribution < 1.29 is 95.7 Å². The zero-order chi connectivity index (χ0) is 69.1. The van der Waals surface area contributed by atoms with E-state index in [2.05, 4.69) is 36.7 Å². The molecule has 3 aromatic carbocycles. The summed E-state index contributed by atoms with van der Waals surface area (Å²) >= 11 is 0. The minimum atomic E-state index is -1.84. The van der Waals surface area contributed by atoms with Gasteiger partial charge < -0.3 is 46.1 Å². The third kappa shape index (κ3) is 20.0.